The lowest BCUT2D eigenvalue weighted by molar-refractivity contribution is -0.207. The van der Waals surface area contributed by atoms with Crippen molar-refractivity contribution >= 4 is 21.9 Å². The molecule has 1 heterocycles. The molecular formula is C30H31BrO6. The summed E-state index contributed by atoms with van der Waals surface area (Å²) in [4.78, 5) is 11.8. The van der Waals surface area contributed by atoms with Gasteiger partial charge in [-0.1, -0.05) is 91.0 Å². The average Bonchev–Trinajstić information content (AvgIpc) is 3.03. The number of benzene rings is 3. The van der Waals surface area contributed by atoms with E-state index in [0.29, 0.717) is 24.3 Å². The van der Waals surface area contributed by atoms with Gasteiger partial charge in [-0.3, -0.25) is 4.79 Å². The molecule has 7 heteroatoms. The molecule has 0 bridgehead atoms. The van der Waals surface area contributed by atoms with Gasteiger partial charge >= 0.3 is 5.97 Å². The summed E-state index contributed by atoms with van der Waals surface area (Å²) in [6.45, 7) is 2.71. The second-order valence-corrected chi connectivity index (χ2v) is 9.61. The van der Waals surface area contributed by atoms with Gasteiger partial charge in [0, 0.05) is 6.92 Å². The van der Waals surface area contributed by atoms with Crippen molar-refractivity contribution in [2.24, 2.45) is 0 Å². The van der Waals surface area contributed by atoms with Gasteiger partial charge in [0.25, 0.3) is 0 Å². The molecular weight excluding hydrogens is 536 g/mol. The van der Waals surface area contributed by atoms with E-state index < -0.39 is 30.6 Å². The van der Waals surface area contributed by atoms with Crippen LogP contribution < -0.4 is 0 Å². The largest absolute Gasteiger partial charge is 0.431 e. The third-order valence-electron chi connectivity index (χ3n) is 5.77. The van der Waals surface area contributed by atoms with E-state index in [9.17, 15) is 4.79 Å². The lowest BCUT2D eigenvalue weighted by Gasteiger charge is -2.31. The van der Waals surface area contributed by atoms with Gasteiger partial charge in [-0.05, 0) is 38.7 Å². The Bertz CT molecular complexity index is 1120. The maximum atomic E-state index is 11.8. The number of hydrogen-bond donors (Lipinski definition) is 0. The number of carbonyl (C=O) groups excluding carboxylic acids is 1. The second kappa shape index (κ2) is 14.2. The van der Waals surface area contributed by atoms with Gasteiger partial charge in [-0.15, -0.1) is 0 Å². The highest BCUT2D eigenvalue weighted by Gasteiger charge is 2.38. The second-order valence-electron chi connectivity index (χ2n) is 8.69. The molecule has 0 unspecified atom stereocenters. The number of hydrogen-bond acceptors (Lipinski definition) is 6. The van der Waals surface area contributed by atoms with E-state index in [1.165, 1.54) is 6.92 Å². The molecule has 6 nitrogen and oxygen atoms in total. The molecule has 0 amide bonds. The normalized spacial score (nSPS) is 21.6. The third kappa shape index (κ3) is 8.62. The van der Waals surface area contributed by atoms with E-state index in [2.05, 4.69) is 15.9 Å². The van der Waals surface area contributed by atoms with Crippen LogP contribution >= 0.6 is 15.9 Å². The quantitative estimate of drug-likeness (QED) is 0.267. The molecule has 0 radical (unpaired) electrons. The summed E-state index contributed by atoms with van der Waals surface area (Å²) in [5.41, 5.74) is 3.11. The molecule has 0 saturated carbocycles. The first-order valence-electron chi connectivity index (χ1n) is 12.2. The molecule has 0 N–H and O–H groups in total. The standard InChI is InChI=1S/C30H31BrO6/c1-22(32)36-30-26(31)17-27(34-19-24-13-7-3-8-14-24)29(35-20-25-15-9-4-10-16-25)28(37-30)21-33-18-23-11-5-2-6-12-23/h2-17,27-30H,18-21H2,1H3/t27-,28-,29-,30+/m1/s1. The van der Waals surface area contributed by atoms with Crippen LogP contribution in [-0.2, 0) is 48.3 Å². The zero-order valence-corrected chi connectivity index (χ0v) is 22.3. The van der Waals surface area contributed by atoms with Crippen molar-refractivity contribution in [2.45, 2.75) is 51.3 Å². The maximum Gasteiger partial charge on any atom is 0.305 e. The molecule has 4 atom stereocenters. The first-order valence-corrected chi connectivity index (χ1v) is 13.0. The molecule has 3 aromatic carbocycles. The van der Waals surface area contributed by atoms with Crippen LogP contribution in [0.2, 0.25) is 0 Å². The van der Waals surface area contributed by atoms with Crippen LogP contribution in [0.1, 0.15) is 23.6 Å². The summed E-state index contributed by atoms with van der Waals surface area (Å²) in [5, 5.41) is 0. The molecule has 1 aliphatic heterocycles. The highest BCUT2D eigenvalue weighted by molar-refractivity contribution is 9.11. The molecule has 4 rings (SSSR count). The Morgan fingerprint density at radius 1 is 0.784 bits per heavy atom. The van der Waals surface area contributed by atoms with Crippen LogP contribution in [0.15, 0.2) is 102 Å². The fourth-order valence-electron chi connectivity index (χ4n) is 3.96. The molecule has 0 aliphatic carbocycles. The van der Waals surface area contributed by atoms with E-state index in [1.807, 2.05) is 97.1 Å². The minimum Gasteiger partial charge on any atom is -0.431 e. The van der Waals surface area contributed by atoms with Gasteiger partial charge in [-0.2, -0.15) is 0 Å². The van der Waals surface area contributed by atoms with Gasteiger partial charge in [0.1, 0.15) is 18.3 Å². The Hall–Kier alpha value is -2.81. The first kappa shape index (κ1) is 27.2. The molecule has 3 aromatic rings. The summed E-state index contributed by atoms with van der Waals surface area (Å²) in [7, 11) is 0. The topological polar surface area (TPSA) is 63.2 Å². The Kier molecular flexibility index (Phi) is 10.5. The van der Waals surface area contributed by atoms with E-state index in [1.54, 1.807) is 0 Å². The van der Waals surface area contributed by atoms with Crippen molar-refractivity contribution in [2.75, 3.05) is 6.61 Å². The van der Waals surface area contributed by atoms with Crippen molar-refractivity contribution in [1.29, 1.82) is 0 Å². The van der Waals surface area contributed by atoms with Crippen LogP contribution in [0, 0.1) is 0 Å². The van der Waals surface area contributed by atoms with E-state index in [-0.39, 0.29) is 6.61 Å². The van der Waals surface area contributed by atoms with Crippen molar-refractivity contribution in [3.05, 3.63) is 118 Å². The van der Waals surface area contributed by atoms with Crippen molar-refractivity contribution < 1.29 is 28.5 Å². The highest BCUT2D eigenvalue weighted by atomic mass is 79.9. The van der Waals surface area contributed by atoms with Crippen LogP contribution in [0.5, 0.6) is 0 Å². The monoisotopic (exact) mass is 566 g/mol. The molecule has 194 valence electrons. The minimum atomic E-state index is -0.934. The Labute approximate surface area is 226 Å². The SMILES string of the molecule is CC(=O)O[C@H]1O[C@H](COCc2ccccc2)[C@H](OCc2ccccc2)[C@H](OCc2ccccc2)C=C1Br. The van der Waals surface area contributed by atoms with Gasteiger partial charge in [-0.25, -0.2) is 0 Å². The minimum absolute atomic E-state index is 0.214. The van der Waals surface area contributed by atoms with Gasteiger partial charge < -0.3 is 23.7 Å². The molecule has 0 aromatic heterocycles. The van der Waals surface area contributed by atoms with E-state index in [4.69, 9.17) is 23.7 Å². The number of esters is 1. The Morgan fingerprint density at radius 2 is 1.30 bits per heavy atom. The third-order valence-corrected chi connectivity index (χ3v) is 6.41. The van der Waals surface area contributed by atoms with Crippen molar-refractivity contribution in [3.63, 3.8) is 0 Å². The summed E-state index contributed by atoms with van der Waals surface area (Å²) < 4.78 is 31.1. The summed E-state index contributed by atoms with van der Waals surface area (Å²) >= 11 is 3.54. The first-order chi connectivity index (χ1) is 18.1. The van der Waals surface area contributed by atoms with Gasteiger partial charge in [0.15, 0.2) is 0 Å². The number of rotatable bonds is 11. The van der Waals surface area contributed by atoms with E-state index >= 15 is 0 Å². The highest BCUT2D eigenvalue weighted by Crippen LogP contribution is 2.29. The summed E-state index contributed by atoms with van der Waals surface area (Å²) in [6.07, 6.45) is -0.694. The zero-order valence-electron chi connectivity index (χ0n) is 20.7. The number of carbonyl (C=O) groups is 1. The van der Waals surface area contributed by atoms with Gasteiger partial charge in [0.2, 0.25) is 6.29 Å². The molecule has 1 aliphatic rings. The van der Waals surface area contributed by atoms with Crippen LogP contribution in [0.25, 0.3) is 0 Å². The lowest BCUT2D eigenvalue weighted by Crippen LogP contribution is -2.44. The molecule has 0 spiro atoms. The zero-order chi connectivity index (χ0) is 25.9. The predicted octanol–water partition coefficient (Wildman–Crippen LogP) is 5.94. The van der Waals surface area contributed by atoms with Crippen molar-refractivity contribution in [1.82, 2.24) is 0 Å². The molecule has 37 heavy (non-hydrogen) atoms. The van der Waals surface area contributed by atoms with Crippen LogP contribution in [0.4, 0.5) is 0 Å². The Balaban J connectivity index is 1.56. The smallest absolute Gasteiger partial charge is 0.305 e. The number of ether oxygens (including phenoxy) is 5. The summed E-state index contributed by atoms with van der Waals surface area (Å²) in [6, 6.07) is 29.8. The number of halogens is 1. The molecule has 0 fully saturated rings. The Morgan fingerprint density at radius 3 is 1.84 bits per heavy atom. The maximum absolute atomic E-state index is 11.8. The predicted molar refractivity (Wildman–Crippen MR) is 144 cm³/mol. The van der Waals surface area contributed by atoms with Gasteiger partial charge in [0.05, 0.1) is 30.9 Å². The lowest BCUT2D eigenvalue weighted by atomic mass is 10.1. The fraction of sp³-hybridized carbons (Fsp3) is 0.300. The molecule has 0 saturated heterocycles. The summed E-state index contributed by atoms with van der Waals surface area (Å²) in [5.74, 6) is -0.454. The van der Waals surface area contributed by atoms with E-state index in [0.717, 1.165) is 16.7 Å². The average molecular weight is 567 g/mol. The van der Waals surface area contributed by atoms with Crippen LogP contribution in [0.3, 0.4) is 0 Å². The fourth-order valence-corrected chi connectivity index (χ4v) is 4.42. The van der Waals surface area contributed by atoms with Crippen molar-refractivity contribution in [3.8, 4) is 0 Å². The van der Waals surface area contributed by atoms with Crippen LogP contribution in [-0.4, -0.2) is 37.2 Å².